The molecule has 0 radical (unpaired) electrons. The van der Waals surface area contributed by atoms with Gasteiger partial charge in [-0.1, -0.05) is 0 Å². The number of nitrogens with zero attached hydrogens (tertiary/aromatic N) is 3. The van der Waals surface area contributed by atoms with Crippen molar-refractivity contribution in [2.45, 2.75) is 39.7 Å². The molecule has 1 atom stereocenters. The first kappa shape index (κ1) is 17.1. The molecule has 3 heterocycles. The van der Waals surface area contributed by atoms with Crippen LogP contribution in [0.2, 0.25) is 0 Å². The first-order valence-electron chi connectivity index (χ1n) is 8.27. The van der Waals surface area contributed by atoms with Crippen LogP contribution < -0.4 is 4.90 Å². The van der Waals surface area contributed by atoms with E-state index in [1.807, 2.05) is 13.8 Å². The molecule has 0 spiro atoms. The summed E-state index contributed by atoms with van der Waals surface area (Å²) in [7, 11) is 1.40. The van der Waals surface area contributed by atoms with Crippen LogP contribution in [-0.4, -0.2) is 48.8 Å². The highest BCUT2D eigenvalue weighted by Crippen LogP contribution is 2.36. The number of rotatable bonds is 5. The third-order valence-electron chi connectivity index (χ3n) is 4.38. The van der Waals surface area contributed by atoms with Crippen molar-refractivity contribution in [2.24, 2.45) is 0 Å². The highest BCUT2D eigenvalue weighted by atomic mass is 32.1. The van der Waals surface area contributed by atoms with Gasteiger partial charge in [0.05, 0.1) is 18.6 Å². The summed E-state index contributed by atoms with van der Waals surface area (Å²) in [5, 5.41) is 0.950. The maximum Gasteiger partial charge on any atom is 0.348 e. The van der Waals surface area contributed by atoms with E-state index in [9.17, 15) is 4.79 Å². The number of aryl methyl sites for hydroxylation is 2. The SMILES string of the molecule is CCN(CC1CCCO1)c1nc(C)nc2sc(C(=O)OC)c(C)c12. The largest absolute Gasteiger partial charge is 0.465 e. The maximum atomic E-state index is 12.0. The van der Waals surface area contributed by atoms with Crippen LogP contribution in [0.15, 0.2) is 0 Å². The fourth-order valence-corrected chi connectivity index (χ4v) is 4.28. The lowest BCUT2D eigenvalue weighted by molar-refractivity contribution is 0.0605. The van der Waals surface area contributed by atoms with Crippen LogP contribution in [-0.2, 0) is 9.47 Å². The molecular formula is C17H23N3O3S. The van der Waals surface area contributed by atoms with E-state index in [1.165, 1.54) is 18.4 Å². The van der Waals surface area contributed by atoms with Crippen molar-refractivity contribution < 1.29 is 14.3 Å². The van der Waals surface area contributed by atoms with Crippen molar-refractivity contribution >= 4 is 33.3 Å². The Morgan fingerprint density at radius 2 is 2.21 bits per heavy atom. The van der Waals surface area contributed by atoms with Crippen LogP contribution in [0.3, 0.4) is 0 Å². The zero-order chi connectivity index (χ0) is 17.3. The Kier molecular flexibility index (Phi) is 5.01. The number of anilines is 1. The Hall–Kier alpha value is -1.73. The molecule has 6 nitrogen and oxygen atoms in total. The van der Waals surface area contributed by atoms with Crippen LogP contribution in [0, 0.1) is 13.8 Å². The number of methoxy groups -OCH3 is 1. The summed E-state index contributed by atoms with van der Waals surface area (Å²) in [4.78, 5) is 24.9. The summed E-state index contributed by atoms with van der Waals surface area (Å²) in [6, 6.07) is 0. The fourth-order valence-electron chi connectivity index (χ4n) is 3.14. The number of likely N-dealkylation sites (N-methyl/N-ethyl adjacent to an activating group) is 1. The lowest BCUT2D eigenvalue weighted by atomic mass is 10.1. The lowest BCUT2D eigenvalue weighted by Crippen LogP contribution is -2.33. The molecule has 1 fully saturated rings. The van der Waals surface area contributed by atoms with E-state index in [4.69, 9.17) is 9.47 Å². The molecule has 0 bridgehead atoms. The molecular weight excluding hydrogens is 326 g/mol. The standard InChI is InChI=1S/C17H23N3O3S/c1-5-20(9-12-7-6-8-23-12)15-13-10(2)14(17(21)22-4)24-16(13)19-11(3)18-15/h12H,5-9H2,1-4H3. The van der Waals surface area contributed by atoms with Gasteiger partial charge in [-0.05, 0) is 39.2 Å². The van der Waals surface area contributed by atoms with Crippen molar-refractivity contribution in [1.29, 1.82) is 0 Å². The molecule has 0 aromatic carbocycles. The minimum absolute atomic E-state index is 0.245. The number of carbonyl (C=O) groups excluding carboxylic acids is 1. The minimum Gasteiger partial charge on any atom is -0.465 e. The van der Waals surface area contributed by atoms with E-state index in [1.54, 1.807) is 0 Å². The van der Waals surface area contributed by atoms with Gasteiger partial charge in [-0.3, -0.25) is 0 Å². The summed E-state index contributed by atoms with van der Waals surface area (Å²) in [6.07, 6.45) is 2.44. The van der Waals surface area contributed by atoms with Gasteiger partial charge < -0.3 is 14.4 Å². The Morgan fingerprint density at radius 3 is 2.83 bits per heavy atom. The minimum atomic E-state index is -0.318. The van der Waals surface area contributed by atoms with E-state index in [-0.39, 0.29) is 12.1 Å². The summed E-state index contributed by atoms with van der Waals surface area (Å²) in [6.45, 7) is 8.41. The van der Waals surface area contributed by atoms with Gasteiger partial charge in [-0.25, -0.2) is 14.8 Å². The molecule has 2 aromatic rings. The third kappa shape index (κ3) is 3.10. The third-order valence-corrected chi connectivity index (χ3v) is 5.55. The summed E-state index contributed by atoms with van der Waals surface area (Å²) in [5.74, 6) is 1.28. The zero-order valence-corrected chi connectivity index (χ0v) is 15.4. The van der Waals surface area contributed by atoms with E-state index in [0.717, 1.165) is 54.1 Å². The quantitative estimate of drug-likeness (QED) is 0.773. The molecule has 130 valence electrons. The number of esters is 1. The molecule has 1 saturated heterocycles. The second-order valence-electron chi connectivity index (χ2n) is 6.00. The van der Waals surface area contributed by atoms with Crippen molar-refractivity contribution in [3.05, 3.63) is 16.3 Å². The van der Waals surface area contributed by atoms with Gasteiger partial charge in [0.2, 0.25) is 0 Å². The van der Waals surface area contributed by atoms with Crippen LogP contribution >= 0.6 is 11.3 Å². The predicted octanol–water partition coefficient (Wildman–Crippen LogP) is 3.10. The lowest BCUT2D eigenvalue weighted by Gasteiger charge is -2.26. The van der Waals surface area contributed by atoms with E-state index in [2.05, 4.69) is 21.8 Å². The number of hydrogen-bond acceptors (Lipinski definition) is 7. The van der Waals surface area contributed by atoms with Crippen molar-refractivity contribution in [2.75, 3.05) is 31.7 Å². The Labute approximate surface area is 145 Å². The molecule has 1 unspecified atom stereocenters. The van der Waals surface area contributed by atoms with Gasteiger partial charge in [0.1, 0.15) is 21.3 Å². The Morgan fingerprint density at radius 1 is 1.42 bits per heavy atom. The Balaban J connectivity index is 2.07. The molecule has 0 N–H and O–H groups in total. The number of thiophene rings is 1. The topological polar surface area (TPSA) is 64.5 Å². The number of ether oxygens (including phenoxy) is 2. The number of carbonyl (C=O) groups is 1. The van der Waals surface area contributed by atoms with Gasteiger partial charge in [-0.2, -0.15) is 0 Å². The van der Waals surface area contributed by atoms with Crippen molar-refractivity contribution in [3.8, 4) is 0 Å². The summed E-state index contributed by atoms with van der Waals surface area (Å²) < 4.78 is 10.7. The average Bonchev–Trinajstić information content (AvgIpc) is 3.19. The highest BCUT2D eigenvalue weighted by Gasteiger charge is 2.25. The molecule has 2 aromatic heterocycles. The Bertz CT molecular complexity index is 753. The number of fused-ring (bicyclic) bond motifs is 1. The second-order valence-corrected chi connectivity index (χ2v) is 7.00. The zero-order valence-electron chi connectivity index (χ0n) is 14.6. The maximum absolute atomic E-state index is 12.0. The molecule has 0 aliphatic carbocycles. The van der Waals surface area contributed by atoms with Gasteiger partial charge in [0.15, 0.2) is 0 Å². The average molecular weight is 349 g/mol. The number of hydrogen-bond donors (Lipinski definition) is 0. The normalized spacial score (nSPS) is 17.4. The molecule has 3 rings (SSSR count). The van der Waals surface area contributed by atoms with Gasteiger partial charge in [-0.15, -0.1) is 11.3 Å². The predicted molar refractivity (Wildman–Crippen MR) is 95.1 cm³/mol. The fraction of sp³-hybridized carbons (Fsp3) is 0.588. The smallest absolute Gasteiger partial charge is 0.348 e. The van der Waals surface area contributed by atoms with Crippen molar-refractivity contribution in [1.82, 2.24) is 9.97 Å². The summed E-state index contributed by atoms with van der Waals surface area (Å²) in [5.41, 5.74) is 0.891. The number of aromatic nitrogens is 2. The summed E-state index contributed by atoms with van der Waals surface area (Å²) >= 11 is 1.37. The van der Waals surface area contributed by atoms with Gasteiger partial charge in [0, 0.05) is 19.7 Å². The van der Waals surface area contributed by atoms with E-state index in [0.29, 0.717) is 10.7 Å². The molecule has 7 heteroatoms. The monoisotopic (exact) mass is 349 g/mol. The first-order valence-corrected chi connectivity index (χ1v) is 9.09. The molecule has 24 heavy (non-hydrogen) atoms. The molecule has 0 saturated carbocycles. The van der Waals surface area contributed by atoms with Crippen LogP contribution in [0.1, 0.15) is 40.8 Å². The van der Waals surface area contributed by atoms with Crippen LogP contribution in [0.5, 0.6) is 0 Å². The van der Waals surface area contributed by atoms with Crippen molar-refractivity contribution in [3.63, 3.8) is 0 Å². The molecule has 1 aliphatic heterocycles. The van der Waals surface area contributed by atoms with Gasteiger partial charge in [0.25, 0.3) is 0 Å². The van der Waals surface area contributed by atoms with E-state index < -0.39 is 0 Å². The van der Waals surface area contributed by atoms with Crippen LogP contribution in [0.4, 0.5) is 5.82 Å². The van der Waals surface area contributed by atoms with Crippen LogP contribution in [0.25, 0.3) is 10.2 Å². The second kappa shape index (κ2) is 7.03. The molecule has 1 aliphatic rings. The molecule has 0 amide bonds. The highest BCUT2D eigenvalue weighted by molar-refractivity contribution is 7.20. The van der Waals surface area contributed by atoms with Gasteiger partial charge >= 0.3 is 5.97 Å². The first-order chi connectivity index (χ1) is 11.5. The van der Waals surface area contributed by atoms with E-state index >= 15 is 0 Å².